The highest BCUT2D eigenvalue weighted by Crippen LogP contribution is 2.22. The van der Waals surface area contributed by atoms with E-state index in [9.17, 15) is 12.8 Å². The summed E-state index contributed by atoms with van der Waals surface area (Å²) in [6.07, 6.45) is 1.19. The average molecular weight is 284 g/mol. The Morgan fingerprint density at radius 3 is 2.79 bits per heavy atom. The summed E-state index contributed by atoms with van der Waals surface area (Å²) in [5.41, 5.74) is 6.07. The molecule has 0 saturated carbocycles. The minimum Gasteiger partial charge on any atom is -0.326 e. The van der Waals surface area contributed by atoms with E-state index in [1.807, 2.05) is 0 Å². The lowest BCUT2D eigenvalue weighted by molar-refractivity contribution is 0.599. The van der Waals surface area contributed by atoms with Crippen LogP contribution in [0.3, 0.4) is 0 Å². The van der Waals surface area contributed by atoms with E-state index in [-0.39, 0.29) is 22.7 Å². The van der Waals surface area contributed by atoms with Gasteiger partial charge in [0.25, 0.3) is 10.0 Å². The molecule has 0 aliphatic carbocycles. The van der Waals surface area contributed by atoms with Crippen LogP contribution in [0.5, 0.6) is 0 Å². The van der Waals surface area contributed by atoms with Gasteiger partial charge in [-0.05, 0) is 19.1 Å². The first-order valence-corrected chi connectivity index (χ1v) is 6.94. The van der Waals surface area contributed by atoms with Crippen LogP contribution in [0, 0.1) is 12.7 Å². The number of aryl methyl sites for hydroxylation is 1. The number of hydrogen-bond donors (Lipinski definition) is 3. The zero-order chi connectivity index (χ0) is 14.0. The van der Waals surface area contributed by atoms with E-state index in [1.165, 1.54) is 24.4 Å². The smallest absolute Gasteiger partial charge is 0.265 e. The third kappa shape index (κ3) is 2.59. The van der Waals surface area contributed by atoms with Gasteiger partial charge in [-0.2, -0.15) is 5.10 Å². The van der Waals surface area contributed by atoms with Gasteiger partial charge in [0.1, 0.15) is 10.7 Å². The molecule has 0 saturated heterocycles. The van der Waals surface area contributed by atoms with Crippen LogP contribution in [-0.2, 0) is 16.6 Å². The summed E-state index contributed by atoms with van der Waals surface area (Å²) >= 11 is 0. The molecule has 8 heteroatoms. The van der Waals surface area contributed by atoms with Gasteiger partial charge in [-0.25, -0.2) is 12.8 Å². The van der Waals surface area contributed by atoms with Gasteiger partial charge in [-0.1, -0.05) is 6.07 Å². The number of H-pyrrole nitrogens is 1. The third-order valence-electron chi connectivity index (χ3n) is 2.64. The molecule has 4 N–H and O–H groups in total. The number of benzene rings is 1. The van der Waals surface area contributed by atoms with Crippen molar-refractivity contribution in [3.05, 3.63) is 41.5 Å². The lowest BCUT2D eigenvalue weighted by atomic mass is 10.2. The molecule has 0 bridgehead atoms. The first kappa shape index (κ1) is 13.5. The summed E-state index contributed by atoms with van der Waals surface area (Å²) in [5, 5.41) is 6.18. The van der Waals surface area contributed by atoms with E-state index in [4.69, 9.17) is 5.73 Å². The van der Waals surface area contributed by atoms with Crippen LogP contribution in [0.4, 0.5) is 10.1 Å². The Balaban J connectivity index is 2.42. The Labute approximate surface area is 109 Å². The molecule has 1 aromatic carbocycles. The Bertz CT molecular complexity index is 696. The van der Waals surface area contributed by atoms with Gasteiger partial charge < -0.3 is 5.73 Å². The van der Waals surface area contributed by atoms with Gasteiger partial charge in [0.05, 0.1) is 17.6 Å². The molecule has 0 fully saturated rings. The van der Waals surface area contributed by atoms with E-state index < -0.39 is 15.8 Å². The second kappa shape index (κ2) is 4.98. The SMILES string of the molecule is Cc1[nH]ncc1S(=O)(=O)Nc1cccc(F)c1CN. The lowest BCUT2D eigenvalue weighted by Gasteiger charge is -2.11. The topological polar surface area (TPSA) is 101 Å². The van der Waals surface area contributed by atoms with Crippen LogP contribution in [0.1, 0.15) is 11.3 Å². The Morgan fingerprint density at radius 2 is 2.21 bits per heavy atom. The van der Waals surface area contributed by atoms with Crippen LogP contribution < -0.4 is 10.5 Å². The monoisotopic (exact) mass is 284 g/mol. The number of aromatic nitrogens is 2. The highest BCUT2D eigenvalue weighted by Gasteiger charge is 2.20. The largest absolute Gasteiger partial charge is 0.326 e. The highest BCUT2D eigenvalue weighted by molar-refractivity contribution is 7.92. The van der Waals surface area contributed by atoms with Crippen molar-refractivity contribution < 1.29 is 12.8 Å². The Kier molecular flexibility index (Phi) is 3.54. The maximum absolute atomic E-state index is 13.5. The van der Waals surface area contributed by atoms with E-state index in [0.29, 0.717) is 5.69 Å². The second-order valence-electron chi connectivity index (χ2n) is 3.93. The number of sulfonamides is 1. The summed E-state index contributed by atoms with van der Waals surface area (Å²) in [6, 6.07) is 4.09. The van der Waals surface area contributed by atoms with E-state index >= 15 is 0 Å². The van der Waals surface area contributed by atoms with Gasteiger partial charge in [-0.15, -0.1) is 0 Å². The summed E-state index contributed by atoms with van der Waals surface area (Å²) in [4.78, 5) is 0.0136. The van der Waals surface area contributed by atoms with Crippen molar-refractivity contribution in [2.24, 2.45) is 5.73 Å². The summed E-state index contributed by atoms with van der Waals surface area (Å²) in [5.74, 6) is -0.549. The molecule has 0 aliphatic rings. The first-order valence-electron chi connectivity index (χ1n) is 5.46. The normalized spacial score (nSPS) is 11.5. The molecule has 0 aliphatic heterocycles. The molecule has 2 aromatic rings. The van der Waals surface area contributed by atoms with Crippen molar-refractivity contribution in [1.29, 1.82) is 0 Å². The number of halogens is 1. The molecule has 1 aromatic heterocycles. The quantitative estimate of drug-likeness (QED) is 0.783. The van der Waals surface area contributed by atoms with Crippen LogP contribution in [-0.4, -0.2) is 18.6 Å². The van der Waals surface area contributed by atoms with Gasteiger partial charge in [0.2, 0.25) is 0 Å². The molecule has 6 nitrogen and oxygen atoms in total. The van der Waals surface area contributed by atoms with Gasteiger partial charge in [-0.3, -0.25) is 9.82 Å². The first-order chi connectivity index (χ1) is 8.95. The minimum atomic E-state index is -3.82. The molecule has 19 heavy (non-hydrogen) atoms. The number of nitrogens with one attached hydrogen (secondary N) is 2. The zero-order valence-corrected chi connectivity index (χ0v) is 11.0. The Hall–Kier alpha value is -1.93. The molecule has 1 heterocycles. The fraction of sp³-hybridized carbons (Fsp3) is 0.182. The van der Waals surface area contributed by atoms with Crippen LogP contribution in [0.25, 0.3) is 0 Å². The number of hydrogen-bond acceptors (Lipinski definition) is 4. The maximum Gasteiger partial charge on any atom is 0.265 e. The number of nitrogens with zero attached hydrogens (tertiary/aromatic N) is 1. The molecule has 0 radical (unpaired) electrons. The van der Waals surface area contributed by atoms with Gasteiger partial charge in [0, 0.05) is 12.1 Å². The predicted octanol–water partition coefficient (Wildman–Crippen LogP) is 1.12. The maximum atomic E-state index is 13.5. The van der Waals surface area contributed by atoms with Gasteiger partial charge >= 0.3 is 0 Å². The second-order valence-corrected chi connectivity index (χ2v) is 5.59. The summed E-state index contributed by atoms with van der Waals surface area (Å²) in [6.45, 7) is 1.48. The molecule has 0 spiro atoms. The molecular formula is C11H13FN4O2S. The minimum absolute atomic E-state index is 0.0136. The number of anilines is 1. The predicted molar refractivity (Wildman–Crippen MR) is 68.4 cm³/mol. The highest BCUT2D eigenvalue weighted by atomic mass is 32.2. The number of aromatic amines is 1. The molecule has 0 unspecified atom stereocenters. The molecule has 0 atom stereocenters. The fourth-order valence-corrected chi connectivity index (χ4v) is 2.90. The summed E-state index contributed by atoms with van der Waals surface area (Å²) in [7, 11) is -3.82. The Morgan fingerprint density at radius 1 is 1.47 bits per heavy atom. The van der Waals surface area contributed by atoms with Crippen molar-refractivity contribution in [2.45, 2.75) is 18.4 Å². The number of rotatable bonds is 4. The molecule has 2 rings (SSSR count). The molecule has 102 valence electrons. The van der Waals surface area contributed by atoms with Gasteiger partial charge in [0.15, 0.2) is 0 Å². The van der Waals surface area contributed by atoms with Crippen molar-refractivity contribution in [1.82, 2.24) is 10.2 Å². The van der Waals surface area contributed by atoms with Crippen LogP contribution in [0.15, 0.2) is 29.3 Å². The lowest BCUT2D eigenvalue weighted by Crippen LogP contribution is -2.16. The van der Waals surface area contributed by atoms with Crippen molar-refractivity contribution in [3.63, 3.8) is 0 Å². The van der Waals surface area contributed by atoms with Crippen LogP contribution >= 0.6 is 0 Å². The summed E-state index contributed by atoms with van der Waals surface area (Å²) < 4.78 is 40.1. The van der Waals surface area contributed by atoms with Crippen molar-refractivity contribution in [2.75, 3.05) is 4.72 Å². The van der Waals surface area contributed by atoms with Crippen LogP contribution in [0.2, 0.25) is 0 Å². The average Bonchev–Trinajstić information content (AvgIpc) is 2.76. The van der Waals surface area contributed by atoms with E-state index in [2.05, 4.69) is 14.9 Å². The zero-order valence-electron chi connectivity index (χ0n) is 10.1. The molecular weight excluding hydrogens is 271 g/mol. The van der Waals surface area contributed by atoms with Crippen molar-refractivity contribution in [3.8, 4) is 0 Å². The van der Waals surface area contributed by atoms with E-state index in [1.54, 1.807) is 6.92 Å². The number of nitrogens with two attached hydrogens (primary N) is 1. The van der Waals surface area contributed by atoms with Crippen molar-refractivity contribution >= 4 is 15.7 Å². The third-order valence-corrected chi connectivity index (χ3v) is 4.12. The molecule has 0 amide bonds. The fourth-order valence-electron chi connectivity index (χ4n) is 1.67. The standard InChI is InChI=1S/C11H13FN4O2S/c1-7-11(6-14-15-7)19(17,18)16-10-4-2-3-9(12)8(10)5-13/h2-4,6,16H,5,13H2,1H3,(H,14,15). The van der Waals surface area contributed by atoms with E-state index in [0.717, 1.165) is 0 Å².